The van der Waals surface area contributed by atoms with E-state index >= 15 is 0 Å². The lowest BCUT2D eigenvalue weighted by Crippen LogP contribution is -2.39. The molecule has 1 rings (SSSR count). The minimum Gasteiger partial charge on any atom is -0.481 e. The molecule has 5 nitrogen and oxygen atoms in total. The maximum atomic E-state index is 12.4. The van der Waals surface area contributed by atoms with Crippen LogP contribution in [-0.4, -0.2) is 29.4 Å². The molecular formula is C14H17F3N2O3. The summed E-state index contributed by atoms with van der Waals surface area (Å²) in [6.45, 7) is -0.0918. The molecule has 0 radical (unpaired) electrons. The lowest BCUT2D eigenvalue weighted by atomic mass is 9.92. The van der Waals surface area contributed by atoms with Crippen molar-refractivity contribution in [1.82, 2.24) is 0 Å². The van der Waals surface area contributed by atoms with E-state index in [1.807, 2.05) is 0 Å². The number of carboxylic acids is 1. The molecule has 5 N–H and O–H groups in total. The summed E-state index contributed by atoms with van der Waals surface area (Å²) in [6.07, 6.45) is -4.82. The molecule has 0 saturated carbocycles. The van der Waals surface area contributed by atoms with E-state index in [4.69, 9.17) is 16.6 Å². The molecule has 0 bridgehead atoms. The summed E-state index contributed by atoms with van der Waals surface area (Å²) in [5, 5.41) is 9.12. The van der Waals surface area contributed by atoms with Gasteiger partial charge in [-0.25, -0.2) is 0 Å². The molecule has 0 spiro atoms. The molecule has 0 aliphatic heterocycles. The third-order valence-corrected chi connectivity index (χ3v) is 3.23. The minimum absolute atomic E-state index is 0.0590. The second kappa shape index (κ2) is 7.37. The first-order valence-corrected chi connectivity index (χ1v) is 6.52. The van der Waals surface area contributed by atoms with E-state index in [1.165, 1.54) is 12.1 Å². The first-order valence-electron chi connectivity index (χ1n) is 6.52. The Morgan fingerprint density at radius 2 is 1.73 bits per heavy atom. The van der Waals surface area contributed by atoms with Crippen LogP contribution in [0.4, 0.5) is 13.2 Å². The molecule has 0 aliphatic carbocycles. The van der Waals surface area contributed by atoms with Gasteiger partial charge in [0.1, 0.15) is 0 Å². The van der Waals surface area contributed by atoms with Crippen LogP contribution in [0.2, 0.25) is 0 Å². The average molecular weight is 318 g/mol. The summed E-state index contributed by atoms with van der Waals surface area (Å²) in [7, 11) is 0. The number of benzene rings is 1. The largest absolute Gasteiger partial charge is 0.481 e. The van der Waals surface area contributed by atoms with Crippen molar-refractivity contribution in [3.8, 4) is 0 Å². The lowest BCUT2D eigenvalue weighted by Gasteiger charge is -2.15. The van der Waals surface area contributed by atoms with Gasteiger partial charge in [-0.3, -0.25) is 9.59 Å². The van der Waals surface area contributed by atoms with Crippen LogP contribution in [0.15, 0.2) is 24.3 Å². The Labute approximate surface area is 125 Å². The second-order valence-corrected chi connectivity index (χ2v) is 4.95. The van der Waals surface area contributed by atoms with Crippen LogP contribution < -0.4 is 11.5 Å². The highest BCUT2D eigenvalue weighted by Gasteiger charge is 2.30. The van der Waals surface area contributed by atoms with Crippen LogP contribution in [0, 0.1) is 5.92 Å². The zero-order valence-corrected chi connectivity index (χ0v) is 11.6. The van der Waals surface area contributed by atoms with E-state index in [0.29, 0.717) is 5.56 Å². The molecule has 0 heterocycles. The molecule has 1 aromatic carbocycles. The zero-order valence-electron chi connectivity index (χ0n) is 11.6. The Hall–Kier alpha value is -1.93. The van der Waals surface area contributed by atoms with E-state index in [2.05, 4.69) is 0 Å². The number of carboxylic acid groups (broad SMARTS) is 1. The third kappa shape index (κ3) is 5.12. The highest BCUT2D eigenvalue weighted by Crippen LogP contribution is 2.29. The molecule has 8 heteroatoms. The van der Waals surface area contributed by atoms with Crippen molar-refractivity contribution in [3.05, 3.63) is 35.4 Å². The standard InChI is InChI=1S/C14H17F3N2O3/c15-14(16,17)10-3-1-8(2-4-10)5-9(13(21)22)6-12(20)11(19)7-18/h1-4,9,11H,5-7,18-19H2,(H,21,22)/t9-,11-/m1/s1. The van der Waals surface area contributed by atoms with Crippen molar-refractivity contribution in [2.75, 3.05) is 6.54 Å². The number of rotatable bonds is 7. The molecule has 122 valence electrons. The highest BCUT2D eigenvalue weighted by molar-refractivity contribution is 5.87. The number of carbonyl (C=O) groups is 2. The fourth-order valence-corrected chi connectivity index (χ4v) is 1.89. The van der Waals surface area contributed by atoms with Crippen LogP contribution in [0.3, 0.4) is 0 Å². The number of alkyl halides is 3. The van der Waals surface area contributed by atoms with Gasteiger partial charge in [0.2, 0.25) is 0 Å². The third-order valence-electron chi connectivity index (χ3n) is 3.23. The summed E-state index contributed by atoms with van der Waals surface area (Å²) in [6, 6.07) is 3.22. The number of nitrogens with two attached hydrogens (primary N) is 2. The fraction of sp³-hybridized carbons (Fsp3) is 0.429. The second-order valence-electron chi connectivity index (χ2n) is 4.95. The molecule has 0 saturated heterocycles. The van der Waals surface area contributed by atoms with Crippen molar-refractivity contribution in [3.63, 3.8) is 0 Å². The molecule has 0 fully saturated rings. The summed E-state index contributed by atoms with van der Waals surface area (Å²) in [5.41, 5.74) is 10.3. The van der Waals surface area contributed by atoms with Crippen molar-refractivity contribution >= 4 is 11.8 Å². The van der Waals surface area contributed by atoms with Gasteiger partial charge in [-0.05, 0) is 24.1 Å². The number of aliphatic carboxylic acids is 1. The molecule has 0 aliphatic rings. The smallest absolute Gasteiger partial charge is 0.416 e. The van der Waals surface area contributed by atoms with Crippen LogP contribution in [-0.2, 0) is 22.2 Å². The maximum absolute atomic E-state index is 12.4. The Morgan fingerprint density at radius 3 is 2.14 bits per heavy atom. The lowest BCUT2D eigenvalue weighted by molar-refractivity contribution is -0.144. The van der Waals surface area contributed by atoms with E-state index in [1.54, 1.807) is 0 Å². The monoisotopic (exact) mass is 318 g/mol. The Bertz CT molecular complexity index is 529. The van der Waals surface area contributed by atoms with E-state index in [-0.39, 0.29) is 19.4 Å². The number of hydrogen-bond acceptors (Lipinski definition) is 4. The SMILES string of the molecule is NC[C@@H](N)C(=O)C[C@@H](Cc1ccc(C(F)(F)F)cc1)C(=O)O. The Kier molecular flexibility index (Phi) is 6.07. The van der Waals surface area contributed by atoms with Gasteiger partial charge in [0.15, 0.2) is 5.78 Å². The quantitative estimate of drug-likeness (QED) is 0.700. The predicted molar refractivity (Wildman–Crippen MR) is 72.9 cm³/mol. The highest BCUT2D eigenvalue weighted by atomic mass is 19.4. The van der Waals surface area contributed by atoms with Gasteiger partial charge in [0.25, 0.3) is 0 Å². The van der Waals surface area contributed by atoms with Gasteiger partial charge in [0, 0.05) is 13.0 Å². The van der Waals surface area contributed by atoms with E-state index in [0.717, 1.165) is 12.1 Å². The van der Waals surface area contributed by atoms with Crippen LogP contribution in [0.1, 0.15) is 17.5 Å². The molecule has 0 aromatic heterocycles. The van der Waals surface area contributed by atoms with Crippen molar-refractivity contribution in [2.45, 2.75) is 25.1 Å². The number of carbonyl (C=O) groups excluding carboxylic acids is 1. The summed E-state index contributed by atoms with van der Waals surface area (Å²) >= 11 is 0. The fourth-order valence-electron chi connectivity index (χ4n) is 1.89. The zero-order chi connectivity index (χ0) is 16.9. The predicted octanol–water partition coefficient (Wildman–Crippen LogP) is 1.19. The normalized spacial score (nSPS) is 14.4. The topological polar surface area (TPSA) is 106 Å². The number of halogens is 3. The first kappa shape index (κ1) is 18.1. The van der Waals surface area contributed by atoms with E-state index < -0.39 is 35.5 Å². The number of ketones is 1. The average Bonchev–Trinajstić information content (AvgIpc) is 2.45. The first-order chi connectivity index (χ1) is 10.1. The van der Waals surface area contributed by atoms with Gasteiger partial charge in [-0.15, -0.1) is 0 Å². The number of Topliss-reactive ketones (excluding diaryl/α,β-unsaturated/α-hetero) is 1. The van der Waals surface area contributed by atoms with Crippen LogP contribution >= 0.6 is 0 Å². The van der Waals surface area contributed by atoms with Crippen LogP contribution in [0.25, 0.3) is 0 Å². The van der Waals surface area contributed by atoms with Gasteiger partial charge >= 0.3 is 12.1 Å². The Balaban J connectivity index is 2.79. The van der Waals surface area contributed by atoms with Gasteiger partial charge < -0.3 is 16.6 Å². The van der Waals surface area contributed by atoms with Crippen molar-refractivity contribution in [1.29, 1.82) is 0 Å². The molecule has 2 atom stereocenters. The summed E-state index contributed by atoms with van der Waals surface area (Å²) in [4.78, 5) is 22.8. The maximum Gasteiger partial charge on any atom is 0.416 e. The van der Waals surface area contributed by atoms with Crippen molar-refractivity contribution < 1.29 is 27.9 Å². The van der Waals surface area contributed by atoms with E-state index in [9.17, 15) is 22.8 Å². The molecular weight excluding hydrogens is 301 g/mol. The molecule has 22 heavy (non-hydrogen) atoms. The summed E-state index contributed by atoms with van der Waals surface area (Å²) in [5.74, 6) is -2.75. The van der Waals surface area contributed by atoms with Gasteiger partial charge in [0.05, 0.1) is 17.5 Å². The van der Waals surface area contributed by atoms with Gasteiger partial charge in [-0.1, -0.05) is 12.1 Å². The van der Waals surface area contributed by atoms with Crippen LogP contribution in [0.5, 0.6) is 0 Å². The number of hydrogen-bond donors (Lipinski definition) is 3. The summed E-state index contributed by atoms with van der Waals surface area (Å²) < 4.78 is 37.3. The van der Waals surface area contributed by atoms with Crippen molar-refractivity contribution in [2.24, 2.45) is 17.4 Å². The van der Waals surface area contributed by atoms with Gasteiger partial charge in [-0.2, -0.15) is 13.2 Å². The molecule has 0 unspecified atom stereocenters. The molecule has 0 amide bonds. The minimum atomic E-state index is -4.45. The molecule has 1 aromatic rings. The Morgan fingerprint density at radius 1 is 1.18 bits per heavy atom.